The van der Waals surface area contributed by atoms with E-state index in [9.17, 15) is 9.59 Å². The van der Waals surface area contributed by atoms with Gasteiger partial charge in [0, 0.05) is 24.4 Å². The second-order valence-electron chi connectivity index (χ2n) is 9.57. The first-order valence-corrected chi connectivity index (χ1v) is 12.2. The minimum absolute atomic E-state index is 0.00317. The normalized spacial score (nSPS) is 22.7. The average Bonchev–Trinajstić information content (AvgIpc) is 3.17. The summed E-state index contributed by atoms with van der Waals surface area (Å²) >= 11 is 0. The van der Waals surface area contributed by atoms with Crippen molar-refractivity contribution in [2.75, 3.05) is 11.5 Å². The second-order valence-corrected chi connectivity index (χ2v) is 9.57. The van der Waals surface area contributed by atoms with E-state index in [0.29, 0.717) is 23.2 Å². The van der Waals surface area contributed by atoms with Crippen molar-refractivity contribution in [3.8, 4) is 0 Å². The van der Waals surface area contributed by atoms with Gasteiger partial charge in [0.1, 0.15) is 5.56 Å². The van der Waals surface area contributed by atoms with Crippen LogP contribution in [0.4, 0.5) is 5.82 Å². The molecule has 2 aliphatic rings. The van der Waals surface area contributed by atoms with E-state index >= 15 is 0 Å². The summed E-state index contributed by atoms with van der Waals surface area (Å²) in [6.07, 6.45) is 16.0. The fraction of sp³-hybridized carbons (Fsp3) is 0.720. The van der Waals surface area contributed by atoms with Gasteiger partial charge in [-0.2, -0.15) is 0 Å². The van der Waals surface area contributed by atoms with Gasteiger partial charge in [-0.3, -0.25) is 9.69 Å². The van der Waals surface area contributed by atoms with Crippen LogP contribution in [0.25, 0.3) is 6.20 Å². The summed E-state index contributed by atoms with van der Waals surface area (Å²) in [5, 5.41) is 4.68. The zero-order valence-electron chi connectivity index (χ0n) is 19.7. The Kier molecular flexibility index (Phi) is 8.33. The molecule has 0 spiro atoms. The van der Waals surface area contributed by atoms with Crippen LogP contribution in [0.15, 0.2) is 12.3 Å². The Bertz CT molecular complexity index is 769. The molecule has 0 atom stereocenters. The molecule has 0 saturated heterocycles. The van der Waals surface area contributed by atoms with Crippen LogP contribution in [0.3, 0.4) is 0 Å². The molecule has 6 heteroatoms. The molecule has 0 radical (unpaired) electrons. The minimum atomic E-state index is -0.425. The number of carbonyl (C=O) groups is 2. The van der Waals surface area contributed by atoms with Crippen LogP contribution in [-0.4, -0.2) is 34.3 Å². The zero-order chi connectivity index (χ0) is 22.4. The van der Waals surface area contributed by atoms with Crippen LogP contribution in [0.2, 0.25) is 0 Å². The third kappa shape index (κ3) is 5.98. The molecule has 0 unspecified atom stereocenters. The molecule has 0 N–H and O–H groups in total. The number of allylic oxidation sites excluding steroid dienone is 1. The quantitative estimate of drug-likeness (QED) is 0.523. The molecule has 1 aromatic heterocycles. The topological polar surface area (TPSA) is 64.4 Å². The minimum Gasteiger partial charge on any atom is -0.462 e. The Balaban J connectivity index is 1.89. The van der Waals surface area contributed by atoms with Gasteiger partial charge in [-0.1, -0.05) is 32.3 Å². The lowest BCUT2D eigenvalue weighted by Crippen LogP contribution is -2.43. The van der Waals surface area contributed by atoms with Crippen LogP contribution < -0.4 is 4.90 Å². The van der Waals surface area contributed by atoms with Crippen molar-refractivity contribution in [2.45, 2.75) is 91.5 Å². The Hall–Kier alpha value is -2.11. The lowest BCUT2D eigenvalue weighted by molar-refractivity contribution is -0.123. The Labute approximate surface area is 187 Å². The smallest absolute Gasteiger partial charge is 0.343 e. The summed E-state index contributed by atoms with van der Waals surface area (Å²) in [4.78, 5) is 27.9. The molecule has 1 amide bonds. The van der Waals surface area contributed by atoms with Crippen LogP contribution in [0, 0.1) is 17.8 Å². The van der Waals surface area contributed by atoms with E-state index in [-0.39, 0.29) is 24.5 Å². The van der Waals surface area contributed by atoms with Gasteiger partial charge in [0.05, 0.1) is 6.61 Å². The summed E-state index contributed by atoms with van der Waals surface area (Å²) in [5.41, 5.74) is 0.362. The molecular weight excluding hydrogens is 390 g/mol. The van der Waals surface area contributed by atoms with E-state index in [0.717, 1.165) is 25.7 Å². The molecular formula is C25H39N3O3. The van der Waals surface area contributed by atoms with Gasteiger partial charge in [0.15, 0.2) is 5.82 Å². The predicted octanol–water partition coefficient (Wildman–Crippen LogP) is 5.68. The third-order valence-electron chi connectivity index (χ3n) is 6.72. The van der Waals surface area contributed by atoms with Gasteiger partial charge in [0.25, 0.3) is 0 Å². The molecule has 2 aliphatic carbocycles. The highest BCUT2D eigenvalue weighted by molar-refractivity contribution is 6.02. The highest BCUT2D eigenvalue weighted by Gasteiger charge is 2.34. The SMILES string of the molecule is CCOC(=O)c1cn(/C=C/C2CCCCC2)nc1N(C(=O)[C@H]1CC[C@H](C)CC1)C(C)C. The molecule has 1 aromatic rings. The first-order chi connectivity index (χ1) is 14.9. The molecule has 6 nitrogen and oxygen atoms in total. The van der Waals surface area contributed by atoms with Crippen LogP contribution >= 0.6 is 0 Å². The van der Waals surface area contributed by atoms with Gasteiger partial charge in [-0.25, -0.2) is 9.48 Å². The van der Waals surface area contributed by atoms with E-state index in [1.807, 2.05) is 20.0 Å². The fourth-order valence-corrected chi connectivity index (χ4v) is 4.83. The Morgan fingerprint density at radius 2 is 1.84 bits per heavy atom. The molecule has 3 rings (SSSR count). The first-order valence-electron chi connectivity index (χ1n) is 12.2. The second kappa shape index (κ2) is 11.0. The molecule has 0 aromatic carbocycles. The van der Waals surface area contributed by atoms with Crippen molar-refractivity contribution in [2.24, 2.45) is 17.8 Å². The van der Waals surface area contributed by atoms with Crippen molar-refractivity contribution >= 4 is 23.9 Å². The van der Waals surface area contributed by atoms with E-state index in [4.69, 9.17) is 4.74 Å². The van der Waals surface area contributed by atoms with Gasteiger partial charge >= 0.3 is 5.97 Å². The predicted molar refractivity (Wildman–Crippen MR) is 124 cm³/mol. The van der Waals surface area contributed by atoms with Gasteiger partial charge in [0.2, 0.25) is 5.91 Å². The fourth-order valence-electron chi connectivity index (χ4n) is 4.83. The third-order valence-corrected chi connectivity index (χ3v) is 6.72. The lowest BCUT2D eigenvalue weighted by atomic mass is 9.82. The maximum absolute atomic E-state index is 13.5. The molecule has 31 heavy (non-hydrogen) atoms. The number of rotatable bonds is 7. The van der Waals surface area contributed by atoms with Crippen molar-refractivity contribution in [3.05, 3.63) is 17.8 Å². The highest BCUT2D eigenvalue weighted by Crippen LogP contribution is 2.33. The van der Waals surface area contributed by atoms with Crippen molar-refractivity contribution in [3.63, 3.8) is 0 Å². The van der Waals surface area contributed by atoms with Gasteiger partial charge in [-0.15, -0.1) is 5.10 Å². The summed E-state index contributed by atoms with van der Waals surface area (Å²) in [6.45, 7) is 8.29. The van der Waals surface area contributed by atoms with Crippen molar-refractivity contribution < 1.29 is 14.3 Å². The number of ether oxygens (including phenoxy) is 1. The molecule has 172 valence electrons. The summed E-state index contributed by atoms with van der Waals surface area (Å²) in [5.74, 6) is 1.30. The molecule has 2 saturated carbocycles. The maximum atomic E-state index is 13.5. The van der Waals surface area contributed by atoms with E-state index in [2.05, 4.69) is 18.1 Å². The van der Waals surface area contributed by atoms with E-state index in [1.54, 1.807) is 22.7 Å². The highest BCUT2D eigenvalue weighted by atomic mass is 16.5. The number of nitrogens with zero attached hydrogens (tertiary/aromatic N) is 3. The Morgan fingerprint density at radius 1 is 1.16 bits per heavy atom. The first kappa shape index (κ1) is 23.6. The van der Waals surface area contributed by atoms with Gasteiger partial charge in [-0.05, 0) is 71.1 Å². The molecule has 0 aliphatic heterocycles. The number of hydrogen-bond donors (Lipinski definition) is 0. The maximum Gasteiger partial charge on any atom is 0.343 e. The van der Waals surface area contributed by atoms with E-state index < -0.39 is 5.97 Å². The van der Waals surface area contributed by atoms with Crippen molar-refractivity contribution in [1.82, 2.24) is 9.78 Å². The number of aromatic nitrogens is 2. The van der Waals surface area contributed by atoms with E-state index in [1.165, 1.54) is 32.1 Å². The number of anilines is 1. The van der Waals surface area contributed by atoms with Crippen molar-refractivity contribution in [1.29, 1.82) is 0 Å². The number of esters is 1. The number of amides is 1. The van der Waals surface area contributed by atoms with Crippen LogP contribution in [0.1, 0.15) is 95.8 Å². The lowest BCUT2D eigenvalue weighted by Gasteiger charge is -2.32. The number of hydrogen-bond acceptors (Lipinski definition) is 4. The summed E-state index contributed by atoms with van der Waals surface area (Å²) in [7, 11) is 0. The summed E-state index contributed by atoms with van der Waals surface area (Å²) in [6, 6.07) is -0.0919. The average molecular weight is 430 g/mol. The number of carbonyl (C=O) groups excluding carboxylic acids is 2. The largest absolute Gasteiger partial charge is 0.462 e. The summed E-state index contributed by atoms with van der Waals surface area (Å²) < 4.78 is 6.97. The molecule has 0 bridgehead atoms. The molecule has 1 heterocycles. The van der Waals surface area contributed by atoms with Gasteiger partial charge < -0.3 is 4.74 Å². The van der Waals surface area contributed by atoms with Crippen LogP contribution in [-0.2, 0) is 9.53 Å². The van der Waals surface area contributed by atoms with Crippen LogP contribution in [0.5, 0.6) is 0 Å². The monoisotopic (exact) mass is 429 g/mol. The molecule has 2 fully saturated rings. The standard InChI is InChI=1S/C25H39N3O3/c1-5-31-25(30)22-17-27(16-15-20-9-7-6-8-10-20)26-23(22)28(18(2)3)24(29)21-13-11-19(4)12-14-21/h15-21H,5-14H2,1-4H3/b16-15+/t19-,21-. The Morgan fingerprint density at radius 3 is 2.45 bits per heavy atom. The zero-order valence-corrected chi connectivity index (χ0v) is 19.7.